The molecule has 0 aliphatic carbocycles. The average Bonchev–Trinajstić information content (AvgIpc) is 3.25. The van der Waals surface area contributed by atoms with Crippen LogP contribution in [-0.4, -0.2) is 26.7 Å². The Bertz CT molecular complexity index is 689. The Labute approximate surface area is 134 Å². The van der Waals surface area contributed by atoms with E-state index in [1.165, 1.54) is 11.3 Å². The smallest absolute Gasteiger partial charge is 0.208 e. The van der Waals surface area contributed by atoms with Gasteiger partial charge in [-0.25, -0.2) is 4.98 Å². The summed E-state index contributed by atoms with van der Waals surface area (Å²) in [5.41, 5.74) is 0. The van der Waals surface area contributed by atoms with Crippen LogP contribution in [0.15, 0.2) is 40.2 Å². The number of hydrogen-bond donors (Lipinski definition) is 1. The number of thioether (sulfide) groups is 1. The molecular formula is C14H13N3OS3. The summed E-state index contributed by atoms with van der Waals surface area (Å²) in [6, 6.07) is 7.79. The molecule has 0 atom stereocenters. The van der Waals surface area contributed by atoms with Crippen LogP contribution in [0.3, 0.4) is 0 Å². The normalized spacial score (nSPS) is 10.9. The molecule has 0 spiro atoms. The van der Waals surface area contributed by atoms with Gasteiger partial charge in [0.15, 0.2) is 11.6 Å². The van der Waals surface area contributed by atoms with Crippen LogP contribution in [0, 0.1) is 0 Å². The highest BCUT2D eigenvalue weighted by atomic mass is 32.2. The number of hydrogen-bond acceptors (Lipinski definition) is 6. The standard InChI is InChI=1S/C14H13N3OS3/c18-10(11-5-2-7-19-11)4-1-9-21-14-15-13(16-17-14)12-6-3-8-20-12/h2-3,5-8H,1,4,9H2,(H,15,16,17). The summed E-state index contributed by atoms with van der Waals surface area (Å²) in [6.07, 6.45) is 1.42. The number of carbonyl (C=O) groups is 1. The van der Waals surface area contributed by atoms with Gasteiger partial charge < -0.3 is 0 Å². The molecule has 7 heteroatoms. The number of rotatable bonds is 7. The van der Waals surface area contributed by atoms with E-state index in [1.54, 1.807) is 23.1 Å². The maximum absolute atomic E-state index is 11.8. The lowest BCUT2D eigenvalue weighted by Gasteiger charge is -1.97. The largest absolute Gasteiger partial charge is 0.293 e. The van der Waals surface area contributed by atoms with E-state index in [9.17, 15) is 4.79 Å². The Hall–Kier alpha value is -1.44. The molecule has 0 saturated carbocycles. The lowest BCUT2D eigenvalue weighted by molar-refractivity contribution is 0.0986. The van der Waals surface area contributed by atoms with Gasteiger partial charge in [0.25, 0.3) is 0 Å². The number of ketones is 1. The van der Waals surface area contributed by atoms with E-state index >= 15 is 0 Å². The molecule has 21 heavy (non-hydrogen) atoms. The lowest BCUT2D eigenvalue weighted by atomic mass is 10.2. The van der Waals surface area contributed by atoms with Crippen molar-refractivity contribution in [2.24, 2.45) is 0 Å². The van der Waals surface area contributed by atoms with E-state index in [0.29, 0.717) is 6.42 Å². The molecule has 108 valence electrons. The molecule has 0 aliphatic rings. The lowest BCUT2D eigenvalue weighted by Crippen LogP contribution is -1.96. The fraction of sp³-hybridized carbons (Fsp3) is 0.214. The van der Waals surface area contributed by atoms with Crippen LogP contribution in [0.25, 0.3) is 10.7 Å². The molecule has 4 nitrogen and oxygen atoms in total. The number of Topliss-reactive ketones (excluding diaryl/α,β-unsaturated/α-hetero) is 1. The molecule has 0 aliphatic heterocycles. The Morgan fingerprint density at radius 1 is 1.24 bits per heavy atom. The summed E-state index contributed by atoms with van der Waals surface area (Å²) in [4.78, 5) is 18.2. The second-order valence-electron chi connectivity index (χ2n) is 4.30. The highest BCUT2D eigenvalue weighted by Crippen LogP contribution is 2.23. The van der Waals surface area contributed by atoms with Gasteiger partial charge in [-0.3, -0.25) is 9.89 Å². The zero-order chi connectivity index (χ0) is 14.5. The number of aromatic nitrogens is 3. The van der Waals surface area contributed by atoms with Crippen molar-refractivity contribution < 1.29 is 4.79 Å². The molecule has 0 aromatic carbocycles. The van der Waals surface area contributed by atoms with Gasteiger partial charge in [0.2, 0.25) is 5.16 Å². The highest BCUT2D eigenvalue weighted by Gasteiger charge is 2.09. The SMILES string of the molecule is O=C(CCCSc1n[nH]c(-c2cccs2)n1)c1cccs1. The summed E-state index contributed by atoms with van der Waals surface area (Å²) in [5.74, 6) is 1.88. The quantitative estimate of drug-likeness (QED) is 0.396. The number of carbonyl (C=O) groups excluding carboxylic acids is 1. The van der Waals surface area contributed by atoms with Gasteiger partial charge in [0.1, 0.15) is 0 Å². The summed E-state index contributed by atoms with van der Waals surface area (Å²) in [5, 5.41) is 11.8. The third-order valence-electron chi connectivity index (χ3n) is 2.79. The Morgan fingerprint density at radius 3 is 2.86 bits per heavy atom. The van der Waals surface area contributed by atoms with Gasteiger partial charge in [-0.2, -0.15) is 0 Å². The van der Waals surface area contributed by atoms with Crippen molar-refractivity contribution in [1.82, 2.24) is 15.2 Å². The van der Waals surface area contributed by atoms with Gasteiger partial charge in [-0.05, 0) is 29.3 Å². The molecule has 0 bridgehead atoms. The predicted molar refractivity (Wildman–Crippen MR) is 88.3 cm³/mol. The zero-order valence-corrected chi connectivity index (χ0v) is 13.6. The molecular weight excluding hydrogens is 322 g/mol. The first-order valence-electron chi connectivity index (χ1n) is 6.49. The second kappa shape index (κ2) is 7.02. The Balaban J connectivity index is 1.45. The fourth-order valence-electron chi connectivity index (χ4n) is 1.79. The highest BCUT2D eigenvalue weighted by molar-refractivity contribution is 7.99. The van der Waals surface area contributed by atoms with Crippen LogP contribution in [0.5, 0.6) is 0 Å². The number of nitrogens with zero attached hydrogens (tertiary/aromatic N) is 2. The molecule has 1 N–H and O–H groups in total. The number of aromatic amines is 1. The van der Waals surface area contributed by atoms with Gasteiger partial charge in [-0.15, -0.1) is 27.8 Å². The predicted octanol–water partition coefficient (Wildman–Crippen LogP) is 4.35. The van der Waals surface area contributed by atoms with Crippen molar-refractivity contribution in [3.8, 4) is 10.7 Å². The van der Waals surface area contributed by atoms with Crippen LogP contribution in [-0.2, 0) is 0 Å². The van der Waals surface area contributed by atoms with Gasteiger partial charge >= 0.3 is 0 Å². The number of thiophene rings is 2. The van der Waals surface area contributed by atoms with E-state index in [2.05, 4.69) is 15.2 Å². The van der Waals surface area contributed by atoms with Crippen molar-refractivity contribution in [2.75, 3.05) is 5.75 Å². The van der Waals surface area contributed by atoms with E-state index in [-0.39, 0.29) is 5.78 Å². The summed E-state index contributed by atoms with van der Waals surface area (Å²) >= 11 is 4.72. The zero-order valence-electron chi connectivity index (χ0n) is 11.1. The third-order valence-corrected chi connectivity index (χ3v) is 5.52. The van der Waals surface area contributed by atoms with Crippen LogP contribution in [0.2, 0.25) is 0 Å². The number of nitrogens with one attached hydrogen (secondary N) is 1. The summed E-state index contributed by atoms with van der Waals surface area (Å²) < 4.78 is 0. The summed E-state index contributed by atoms with van der Waals surface area (Å²) in [7, 11) is 0. The van der Waals surface area contributed by atoms with Crippen LogP contribution >= 0.6 is 34.4 Å². The molecule has 3 aromatic rings. The number of H-pyrrole nitrogens is 1. The monoisotopic (exact) mass is 335 g/mol. The first-order chi connectivity index (χ1) is 10.3. The first kappa shape index (κ1) is 14.5. The van der Waals surface area contributed by atoms with Crippen molar-refractivity contribution >= 4 is 40.2 Å². The van der Waals surface area contributed by atoms with Crippen molar-refractivity contribution in [1.29, 1.82) is 0 Å². The molecule has 0 radical (unpaired) electrons. The minimum atomic E-state index is 0.222. The van der Waals surface area contributed by atoms with Gasteiger partial charge in [0.05, 0.1) is 9.75 Å². The minimum Gasteiger partial charge on any atom is -0.293 e. The molecule has 0 unspecified atom stereocenters. The average molecular weight is 335 g/mol. The molecule has 0 fully saturated rings. The van der Waals surface area contributed by atoms with Gasteiger partial charge in [0, 0.05) is 12.2 Å². The van der Waals surface area contributed by atoms with E-state index in [4.69, 9.17) is 0 Å². The van der Waals surface area contributed by atoms with E-state index in [1.807, 2.05) is 35.0 Å². The maximum Gasteiger partial charge on any atom is 0.208 e. The fourth-order valence-corrected chi connectivity index (χ4v) is 3.89. The molecule has 3 aromatic heterocycles. The van der Waals surface area contributed by atoms with Crippen molar-refractivity contribution in [3.63, 3.8) is 0 Å². The Morgan fingerprint density at radius 2 is 2.10 bits per heavy atom. The van der Waals surface area contributed by atoms with Crippen LogP contribution in [0.1, 0.15) is 22.5 Å². The van der Waals surface area contributed by atoms with Crippen LogP contribution in [0.4, 0.5) is 0 Å². The first-order valence-corrected chi connectivity index (χ1v) is 9.23. The molecule has 0 amide bonds. The molecule has 3 heterocycles. The topological polar surface area (TPSA) is 58.6 Å². The maximum atomic E-state index is 11.8. The van der Waals surface area contributed by atoms with Crippen LogP contribution < -0.4 is 0 Å². The van der Waals surface area contributed by atoms with E-state index < -0.39 is 0 Å². The van der Waals surface area contributed by atoms with Crippen molar-refractivity contribution in [2.45, 2.75) is 18.0 Å². The van der Waals surface area contributed by atoms with Crippen molar-refractivity contribution in [3.05, 3.63) is 39.9 Å². The second-order valence-corrected chi connectivity index (χ2v) is 7.25. The Kier molecular flexibility index (Phi) is 4.84. The third kappa shape index (κ3) is 3.81. The van der Waals surface area contributed by atoms with Gasteiger partial charge in [-0.1, -0.05) is 23.9 Å². The molecule has 3 rings (SSSR count). The van der Waals surface area contributed by atoms with E-state index in [0.717, 1.165) is 32.9 Å². The molecule has 0 saturated heterocycles. The minimum absolute atomic E-state index is 0.222. The summed E-state index contributed by atoms with van der Waals surface area (Å²) in [6.45, 7) is 0.